The average molecular weight is 320 g/mol. The topological polar surface area (TPSA) is 43.1 Å². The molecule has 0 aromatic heterocycles. The lowest BCUT2D eigenvalue weighted by atomic mass is 9.93. The van der Waals surface area contributed by atoms with Crippen LogP contribution in [-0.2, 0) is 11.2 Å². The van der Waals surface area contributed by atoms with E-state index < -0.39 is 11.6 Å². The number of hydrogen-bond acceptors (Lipinski definition) is 2. The molecule has 0 aliphatic heterocycles. The quantitative estimate of drug-likeness (QED) is 0.818. The average Bonchev–Trinajstić information content (AvgIpc) is 2.36. The predicted octanol–water partition coefficient (Wildman–Crippen LogP) is 3.21. The number of halogens is 3. The summed E-state index contributed by atoms with van der Waals surface area (Å²) in [6, 6.07) is 2.43. The molecule has 0 aliphatic rings. The summed E-state index contributed by atoms with van der Waals surface area (Å²) in [7, 11) is 0. The second-order valence-corrected chi connectivity index (χ2v) is 5.04. The SMILES string of the molecule is CCCC(CN)C(=O)Cc1c(F)ccc(Br)c1F. The Bertz CT molecular complexity index is 437. The molecule has 0 heterocycles. The van der Waals surface area contributed by atoms with Crippen LogP contribution in [0.2, 0.25) is 0 Å². The lowest BCUT2D eigenvalue weighted by molar-refractivity contribution is -0.122. The van der Waals surface area contributed by atoms with Crippen molar-refractivity contribution in [2.24, 2.45) is 11.7 Å². The zero-order valence-electron chi connectivity index (χ0n) is 10.2. The standard InChI is InChI=1S/C13H16BrF2NO/c1-2-3-8(7-17)12(18)6-9-11(15)5-4-10(14)13(9)16/h4-5,8H,2-3,6-7,17H2,1H3. The number of carbonyl (C=O) groups is 1. The van der Waals surface area contributed by atoms with Crippen molar-refractivity contribution in [2.45, 2.75) is 26.2 Å². The van der Waals surface area contributed by atoms with Crippen molar-refractivity contribution in [3.8, 4) is 0 Å². The van der Waals surface area contributed by atoms with E-state index in [0.29, 0.717) is 6.42 Å². The Kier molecular flexibility index (Phi) is 5.88. The van der Waals surface area contributed by atoms with E-state index in [-0.39, 0.29) is 34.7 Å². The highest BCUT2D eigenvalue weighted by Gasteiger charge is 2.21. The molecule has 1 aromatic rings. The van der Waals surface area contributed by atoms with Crippen molar-refractivity contribution >= 4 is 21.7 Å². The lowest BCUT2D eigenvalue weighted by Crippen LogP contribution is -2.25. The van der Waals surface area contributed by atoms with Gasteiger partial charge < -0.3 is 5.73 Å². The summed E-state index contributed by atoms with van der Waals surface area (Å²) in [5, 5.41) is 0. The van der Waals surface area contributed by atoms with Crippen LogP contribution >= 0.6 is 15.9 Å². The van der Waals surface area contributed by atoms with Gasteiger partial charge in [-0.1, -0.05) is 13.3 Å². The van der Waals surface area contributed by atoms with Crippen molar-refractivity contribution in [1.82, 2.24) is 0 Å². The van der Waals surface area contributed by atoms with E-state index in [2.05, 4.69) is 15.9 Å². The first kappa shape index (κ1) is 15.2. The van der Waals surface area contributed by atoms with Crippen LogP contribution in [0.3, 0.4) is 0 Å². The molecule has 0 spiro atoms. The first-order valence-corrected chi connectivity index (χ1v) is 6.65. The Morgan fingerprint density at radius 2 is 2.11 bits per heavy atom. The highest BCUT2D eigenvalue weighted by molar-refractivity contribution is 9.10. The van der Waals surface area contributed by atoms with E-state index in [1.165, 1.54) is 6.07 Å². The van der Waals surface area contributed by atoms with Crippen LogP contribution in [0.4, 0.5) is 8.78 Å². The lowest BCUT2D eigenvalue weighted by Gasteiger charge is -2.13. The van der Waals surface area contributed by atoms with E-state index in [9.17, 15) is 13.6 Å². The number of rotatable bonds is 6. The Morgan fingerprint density at radius 3 is 2.67 bits per heavy atom. The largest absolute Gasteiger partial charge is 0.330 e. The summed E-state index contributed by atoms with van der Waals surface area (Å²) in [5.41, 5.74) is 5.31. The van der Waals surface area contributed by atoms with Gasteiger partial charge in [0.05, 0.1) is 4.47 Å². The molecule has 0 amide bonds. The zero-order valence-corrected chi connectivity index (χ0v) is 11.8. The van der Waals surface area contributed by atoms with Gasteiger partial charge in [-0.25, -0.2) is 8.78 Å². The van der Waals surface area contributed by atoms with Gasteiger partial charge in [-0.15, -0.1) is 0 Å². The van der Waals surface area contributed by atoms with Crippen molar-refractivity contribution in [3.63, 3.8) is 0 Å². The first-order valence-electron chi connectivity index (χ1n) is 5.86. The van der Waals surface area contributed by atoms with Gasteiger partial charge in [0.15, 0.2) is 0 Å². The van der Waals surface area contributed by atoms with Crippen LogP contribution in [-0.4, -0.2) is 12.3 Å². The van der Waals surface area contributed by atoms with E-state index in [1.807, 2.05) is 6.92 Å². The van der Waals surface area contributed by atoms with E-state index in [1.54, 1.807) is 0 Å². The van der Waals surface area contributed by atoms with Gasteiger partial charge in [-0.2, -0.15) is 0 Å². The summed E-state index contributed by atoms with van der Waals surface area (Å²) in [6.45, 7) is 2.15. The highest BCUT2D eigenvalue weighted by Crippen LogP contribution is 2.23. The minimum atomic E-state index is -0.712. The third kappa shape index (κ3) is 3.59. The fourth-order valence-electron chi connectivity index (χ4n) is 1.81. The molecule has 0 radical (unpaired) electrons. The van der Waals surface area contributed by atoms with E-state index >= 15 is 0 Å². The van der Waals surface area contributed by atoms with Crippen molar-refractivity contribution in [1.29, 1.82) is 0 Å². The maximum atomic E-state index is 13.7. The summed E-state index contributed by atoms with van der Waals surface area (Å²) in [6.07, 6.45) is 1.21. The molecule has 5 heteroatoms. The maximum absolute atomic E-state index is 13.7. The van der Waals surface area contributed by atoms with Crippen molar-refractivity contribution in [3.05, 3.63) is 33.8 Å². The third-order valence-corrected chi connectivity index (χ3v) is 3.48. The highest BCUT2D eigenvalue weighted by atomic mass is 79.9. The Balaban J connectivity index is 2.90. The maximum Gasteiger partial charge on any atom is 0.143 e. The molecule has 0 aliphatic carbocycles. The van der Waals surface area contributed by atoms with Gasteiger partial charge in [-0.05, 0) is 34.5 Å². The smallest absolute Gasteiger partial charge is 0.143 e. The van der Waals surface area contributed by atoms with Gasteiger partial charge >= 0.3 is 0 Å². The molecule has 1 atom stereocenters. The Morgan fingerprint density at radius 1 is 1.44 bits per heavy atom. The molecule has 18 heavy (non-hydrogen) atoms. The van der Waals surface area contributed by atoms with Gasteiger partial charge in [0.25, 0.3) is 0 Å². The van der Waals surface area contributed by atoms with Crippen LogP contribution in [0.1, 0.15) is 25.3 Å². The molecule has 1 aromatic carbocycles. The summed E-state index contributed by atoms with van der Waals surface area (Å²) in [4.78, 5) is 11.9. The monoisotopic (exact) mass is 319 g/mol. The normalized spacial score (nSPS) is 12.5. The number of carbonyl (C=O) groups excluding carboxylic acids is 1. The fourth-order valence-corrected chi connectivity index (χ4v) is 2.18. The summed E-state index contributed by atoms with van der Waals surface area (Å²) in [5.74, 6) is -1.95. The Labute approximate surface area is 114 Å². The molecule has 100 valence electrons. The van der Waals surface area contributed by atoms with Gasteiger partial charge in [0.2, 0.25) is 0 Å². The molecule has 0 saturated carbocycles. The Hall–Kier alpha value is -0.810. The molecular weight excluding hydrogens is 304 g/mol. The predicted molar refractivity (Wildman–Crippen MR) is 70.2 cm³/mol. The van der Waals surface area contributed by atoms with E-state index in [4.69, 9.17) is 5.73 Å². The van der Waals surface area contributed by atoms with Crippen molar-refractivity contribution < 1.29 is 13.6 Å². The number of hydrogen-bond donors (Lipinski definition) is 1. The fraction of sp³-hybridized carbons (Fsp3) is 0.462. The van der Waals surface area contributed by atoms with Gasteiger partial charge in [0, 0.05) is 24.4 Å². The van der Waals surface area contributed by atoms with E-state index in [0.717, 1.165) is 12.5 Å². The first-order chi connectivity index (χ1) is 8.51. The number of ketones is 1. The molecular formula is C13H16BrF2NO. The van der Waals surface area contributed by atoms with Crippen molar-refractivity contribution in [2.75, 3.05) is 6.54 Å². The van der Waals surface area contributed by atoms with Crippen LogP contribution in [0.5, 0.6) is 0 Å². The summed E-state index contributed by atoms with van der Waals surface area (Å²) >= 11 is 2.98. The molecule has 0 saturated heterocycles. The minimum Gasteiger partial charge on any atom is -0.330 e. The molecule has 0 fully saturated rings. The molecule has 2 N–H and O–H groups in total. The molecule has 1 unspecified atom stereocenters. The molecule has 1 rings (SSSR count). The van der Waals surface area contributed by atoms with Crippen LogP contribution in [0.15, 0.2) is 16.6 Å². The molecule has 2 nitrogen and oxygen atoms in total. The number of Topliss-reactive ketones (excluding diaryl/α,β-unsaturated/α-hetero) is 1. The minimum absolute atomic E-state index is 0.159. The van der Waals surface area contributed by atoms with Crippen LogP contribution in [0, 0.1) is 17.6 Å². The van der Waals surface area contributed by atoms with Crippen LogP contribution < -0.4 is 5.73 Å². The molecule has 0 bridgehead atoms. The van der Waals surface area contributed by atoms with Gasteiger partial charge in [-0.3, -0.25) is 4.79 Å². The second kappa shape index (κ2) is 6.95. The summed E-state index contributed by atoms with van der Waals surface area (Å²) < 4.78 is 27.4. The van der Waals surface area contributed by atoms with Crippen LogP contribution in [0.25, 0.3) is 0 Å². The number of benzene rings is 1. The zero-order chi connectivity index (χ0) is 13.7. The van der Waals surface area contributed by atoms with Gasteiger partial charge in [0.1, 0.15) is 17.4 Å². The third-order valence-electron chi connectivity index (χ3n) is 2.87. The second-order valence-electron chi connectivity index (χ2n) is 4.19. The number of nitrogens with two attached hydrogens (primary N) is 1.